The maximum Gasteiger partial charge on any atom is 0.417 e. The summed E-state index contributed by atoms with van der Waals surface area (Å²) in [6, 6.07) is 2.86. The van der Waals surface area contributed by atoms with Crippen LogP contribution in [0.15, 0.2) is 12.3 Å². The summed E-state index contributed by atoms with van der Waals surface area (Å²) in [5, 5.41) is 8.80. The van der Waals surface area contributed by atoms with Gasteiger partial charge in [0, 0.05) is 6.20 Å². The summed E-state index contributed by atoms with van der Waals surface area (Å²) >= 11 is 5.73. The highest BCUT2D eigenvalue weighted by molar-refractivity contribution is 6.31. The molecular weight excluding hydrogens is 253 g/mol. The highest BCUT2D eigenvalue weighted by Crippen LogP contribution is 2.49. The smallest absolute Gasteiger partial charge is 0.257 e. The van der Waals surface area contributed by atoms with Gasteiger partial charge in [0.2, 0.25) is 0 Å². The fourth-order valence-electron chi connectivity index (χ4n) is 1.47. The SMILES string of the molecule is C.N#CC1(c2ncc(C(F)(F)F)cc2Cl)CC1. The zero-order valence-electron chi connectivity index (χ0n) is 7.98. The van der Waals surface area contributed by atoms with Crippen molar-refractivity contribution in [1.29, 1.82) is 5.26 Å². The molecule has 0 aliphatic heterocycles. The lowest BCUT2D eigenvalue weighted by molar-refractivity contribution is -0.137. The summed E-state index contributed by atoms with van der Waals surface area (Å²) in [5.74, 6) is 0. The number of rotatable bonds is 1. The first-order valence-corrected chi connectivity index (χ1v) is 4.91. The molecule has 0 bridgehead atoms. The van der Waals surface area contributed by atoms with Crippen LogP contribution >= 0.6 is 11.6 Å². The Labute approximate surface area is 102 Å². The molecule has 1 fully saturated rings. The second-order valence-electron chi connectivity index (χ2n) is 3.75. The van der Waals surface area contributed by atoms with Gasteiger partial charge in [-0.2, -0.15) is 18.4 Å². The van der Waals surface area contributed by atoms with Gasteiger partial charge >= 0.3 is 6.18 Å². The molecule has 0 spiro atoms. The van der Waals surface area contributed by atoms with Crippen LogP contribution in [-0.2, 0) is 11.6 Å². The van der Waals surface area contributed by atoms with E-state index in [4.69, 9.17) is 16.9 Å². The Hall–Kier alpha value is -1.28. The number of alkyl halides is 3. The lowest BCUT2D eigenvalue weighted by Crippen LogP contribution is -2.11. The molecule has 1 saturated carbocycles. The van der Waals surface area contributed by atoms with Gasteiger partial charge in [-0.3, -0.25) is 4.98 Å². The monoisotopic (exact) mass is 262 g/mol. The molecule has 6 heteroatoms. The molecule has 1 heterocycles. The lowest BCUT2D eigenvalue weighted by atomic mass is 10.0. The highest BCUT2D eigenvalue weighted by atomic mass is 35.5. The van der Waals surface area contributed by atoms with E-state index >= 15 is 0 Å². The predicted octanol–water partition coefficient (Wildman–Crippen LogP) is 3.95. The van der Waals surface area contributed by atoms with Gasteiger partial charge in [0.25, 0.3) is 0 Å². The quantitative estimate of drug-likeness (QED) is 0.768. The van der Waals surface area contributed by atoms with Crippen LogP contribution in [0.5, 0.6) is 0 Å². The third-order valence-corrected chi connectivity index (χ3v) is 2.87. The second kappa shape index (κ2) is 4.19. The van der Waals surface area contributed by atoms with E-state index in [1.54, 1.807) is 0 Å². The largest absolute Gasteiger partial charge is 0.417 e. The number of pyridine rings is 1. The van der Waals surface area contributed by atoms with E-state index in [9.17, 15) is 13.2 Å². The molecule has 1 aromatic heterocycles. The van der Waals surface area contributed by atoms with Crippen LogP contribution < -0.4 is 0 Å². The van der Waals surface area contributed by atoms with E-state index in [0.717, 1.165) is 12.3 Å². The molecule has 0 aromatic carbocycles. The number of hydrogen-bond acceptors (Lipinski definition) is 2. The molecule has 2 nitrogen and oxygen atoms in total. The Bertz CT molecular complexity index is 473. The molecule has 0 radical (unpaired) electrons. The Morgan fingerprint density at radius 3 is 2.35 bits per heavy atom. The highest BCUT2D eigenvalue weighted by Gasteiger charge is 2.48. The van der Waals surface area contributed by atoms with E-state index in [1.807, 2.05) is 6.07 Å². The summed E-state index contributed by atoms with van der Waals surface area (Å²) in [7, 11) is 0. The summed E-state index contributed by atoms with van der Waals surface area (Å²) in [6.45, 7) is 0. The fourth-order valence-corrected chi connectivity index (χ4v) is 1.82. The standard InChI is InChI=1S/C10H6ClF3N2.CH4/c11-7-3-6(10(12,13)14)4-16-8(7)9(5-15)1-2-9;/h3-4H,1-2H2;1H4. The summed E-state index contributed by atoms with van der Waals surface area (Å²) in [4.78, 5) is 3.68. The van der Waals surface area contributed by atoms with Crippen molar-refractivity contribution in [1.82, 2.24) is 4.98 Å². The average Bonchev–Trinajstić information content (AvgIpc) is 2.97. The number of halogens is 4. The first kappa shape index (κ1) is 13.8. The van der Waals surface area contributed by atoms with Crippen molar-refractivity contribution < 1.29 is 13.2 Å². The molecule has 0 atom stereocenters. The van der Waals surface area contributed by atoms with E-state index in [-0.39, 0.29) is 18.1 Å². The number of nitrogens with zero attached hydrogens (tertiary/aromatic N) is 2. The molecular formula is C11H10ClF3N2. The summed E-state index contributed by atoms with van der Waals surface area (Å²) in [5.41, 5.74) is -1.40. The average molecular weight is 263 g/mol. The Kier molecular flexibility index (Phi) is 3.40. The van der Waals surface area contributed by atoms with E-state index < -0.39 is 17.2 Å². The van der Waals surface area contributed by atoms with Gasteiger partial charge in [0.05, 0.1) is 22.3 Å². The third-order valence-electron chi connectivity index (χ3n) is 2.59. The molecule has 0 amide bonds. The fraction of sp³-hybridized carbons (Fsp3) is 0.455. The summed E-state index contributed by atoms with van der Waals surface area (Å²) in [6.07, 6.45) is -2.54. The predicted molar refractivity (Wildman–Crippen MR) is 57.5 cm³/mol. The minimum atomic E-state index is -4.46. The van der Waals surface area contributed by atoms with Crippen molar-refractivity contribution in [2.75, 3.05) is 0 Å². The Balaban J connectivity index is 0.00000144. The van der Waals surface area contributed by atoms with Crippen LogP contribution in [0.4, 0.5) is 13.2 Å². The van der Waals surface area contributed by atoms with Gasteiger partial charge in [-0.15, -0.1) is 0 Å². The van der Waals surface area contributed by atoms with Crippen LogP contribution in [0.25, 0.3) is 0 Å². The molecule has 1 aliphatic rings. The molecule has 1 aliphatic carbocycles. The van der Waals surface area contributed by atoms with Crippen molar-refractivity contribution >= 4 is 11.6 Å². The van der Waals surface area contributed by atoms with Crippen molar-refractivity contribution in [3.8, 4) is 6.07 Å². The maximum atomic E-state index is 12.3. The van der Waals surface area contributed by atoms with Gasteiger partial charge in [0.1, 0.15) is 5.41 Å². The van der Waals surface area contributed by atoms with Gasteiger partial charge < -0.3 is 0 Å². The van der Waals surface area contributed by atoms with E-state index in [2.05, 4.69) is 4.98 Å². The lowest BCUT2D eigenvalue weighted by Gasteiger charge is -2.11. The maximum absolute atomic E-state index is 12.3. The minimum Gasteiger partial charge on any atom is -0.257 e. The molecule has 2 rings (SSSR count). The first-order valence-electron chi connectivity index (χ1n) is 4.53. The number of hydrogen-bond donors (Lipinski definition) is 0. The van der Waals surface area contributed by atoms with Crippen molar-refractivity contribution in [3.63, 3.8) is 0 Å². The number of nitriles is 1. The van der Waals surface area contributed by atoms with Crippen molar-refractivity contribution in [2.45, 2.75) is 31.9 Å². The van der Waals surface area contributed by atoms with Gasteiger partial charge in [0.15, 0.2) is 0 Å². The van der Waals surface area contributed by atoms with Crippen LogP contribution in [0, 0.1) is 11.3 Å². The Morgan fingerprint density at radius 1 is 1.41 bits per heavy atom. The molecule has 0 saturated heterocycles. The normalized spacial score (nSPS) is 16.9. The second-order valence-corrected chi connectivity index (χ2v) is 4.15. The third kappa shape index (κ3) is 2.37. The number of aromatic nitrogens is 1. The summed E-state index contributed by atoms with van der Waals surface area (Å²) < 4.78 is 37.0. The molecule has 0 N–H and O–H groups in total. The van der Waals surface area contributed by atoms with Crippen molar-refractivity contribution in [3.05, 3.63) is 28.5 Å². The molecule has 0 unspecified atom stereocenters. The Morgan fingerprint density at radius 2 is 2.00 bits per heavy atom. The van der Waals surface area contributed by atoms with Crippen LogP contribution in [0.2, 0.25) is 5.02 Å². The van der Waals surface area contributed by atoms with Crippen molar-refractivity contribution in [2.24, 2.45) is 0 Å². The van der Waals surface area contributed by atoms with Gasteiger partial charge in [-0.1, -0.05) is 19.0 Å². The first-order chi connectivity index (χ1) is 7.39. The molecule has 92 valence electrons. The zero-order valence-corrected chi connectivity index (χ0v) is 8.73. The van der Waals surface area contributed by atoms with E-state index in [1.165, 1.54) is 0 Å². The van der Waals surface area contributed by atoms with Gasteiger partial charge in [-0.05, 0) is 18.9 Å². The van der Waals surface area contributed by atoms with Crippen LogP contribution in [0.1, 0.15) is 31.5 Å². The van der Waals surface area contributed by atoms with Crippen LogP contribution in [-0.4, -0.2) is 4.98 Å². The molecule has 1 aromatic rings. The zero-order chi connectivity index (χ0) is 12.0. The minimum absolute atomic E-state index is 0. The molecule has 17 heavy (non-hydrogen) atoms. The van der Waals surface area contributed by atoms with E-state index in [0.29, 0.717) is 12.8 Å². The topological polar surface area (TPSA) is 36.7 Å². The van der Waals surface area contributed by atoms with Crippen LogP contribution in [0.3, 0.4) is 0 Å². The van der Waals surface area contributed by atoms with Gasteiger partial charge in [-0.25, -0.2) is 0 Å².